The quantitative estimate of drug-likeness (QED) is 0.548. The predicted octanol–water partition coefficient (Wildman–Crippen LogP) is 2.97. The molecule has 4 rings (SSSR count). The monoisotopic (exact) mass is 380 g/mol. The van der Waals surface area contributed by atoms with Crippen LogP contribution in [0.2, 0.25) is 0 Å². The van der Waals surface area contributed by atoms with Crippen LogP contribution in [-0.4, -0.2) is 28.1 Å². The summed E-state index contributed by atoms with van der Waals surface area (Å²) in [4.78, 5) is 31.5. The van der Waals surface area contributed by atoms with Gasteiger partial charge in [0.05, 0.1) is 15.9 Å². The van der Waals surface area contributed by atoms with Gasteiger partial charge in [-0.25, -0.2) is 9.50 Å². The van der Waals surface area contributed by atoms with Crippen molar-refractivity contribution >= 4 is 39.4 Å². The fourth-order valence-corrected chi connectivity index (χ4v) is 4.14. The lowest BCUT2D eigenvalue weighted by Crippen LogP contribution is -2.23. The Labute approximate surface area is 160 Å². The van der Waals surface area contributed by atoms with Gasteiger partial charge in [-0.15, -0.1) is 11.3 Å². The lowest BCUT2D eigenvalue weighted by molar-refractivity contribution is 0.781. The Kier molecular flexibility index (Phi) is 3.92. The highest BCUT2D eigenvalue weighted by molar-refractivity contribution is 7.19. The molecule has 0 atom stereocenters. The molecule has 0 aliphatic rings. The highest BCUT2D eigenvalue weighted by atomic mass is 32.1. The van der Waals surface area contributed by atoms with Gasteiger partial charge < -0.3 is 4.90 Å². The maximum atomic E-state index is 12.5. The number of rotatable bonds is 3. The van der Waals surface area contributed by atoms with Gasteiger partial charge in [-0.3, -0.25) is 9.59 Å². The van der Waals surface area contributed by atoms with E-state index in [1.807, 2.05) is 45.3 Å². The van der Waals surface area contributed by atoms with Gasteiger partial charge in [0.1, 0.15) is 5.01 Å². The topological polar surface area (TPSA) is 59.1 Å². The minimum atomic E-state index is -0.268. The average molecular weight is 380 g/mol. The van der Waals surface area contributed by atoms with E-state index in [0.717, 1.165) is 32.3 Å². The maximum absolute atomic E-state index is 12.5. The third kappa shape index (κ3) is 2.57. The van der Waals surface area contributed by atoms with Crippen LogP contribution in [0.15, 0.2) is 27.8 Å². The van der Waals surface area contributed by atoms with Gasteiger partial charge >= 0.3 is 0 Å². The van der Waals surface area contributed by atoms with Gasteiger partial charge in [0.2, 0.25) is 0 Å². The minimum Gasteiger partial charge on any atom is -0.378 e. The minimum absolute atomic E-state index is 0.253. The molecule has 0 radical (unpaired) electrons. The molecule has 0 bridgehead atoms. The average Bonchev–Trinajstić information content (AvgIpc) is 3.23. The molecule has 6 nitrogen and oxygen atoms in total. The largest absolute Gasteiger partial charge is 0.378 e. The summed E-state index contributed by atoms with van der Waals surface area (Å²) < 4.78 is 4.02. The molecule has 0 unspecified atom stereocenters. The van der Waals surface area contributed by atoms with Crippen molar-refractivity contribution in [3.63, 3.8) is 0 Å². The van der Waals surface area contributed by atoms with E-state index in [4.69, 9.17) is 0 Å². The Morgan fingerprint density at radius 1 is 1.00 bits per heavy atom. The molecule has 3 heterocycles. The van der Waals surface area contributed by atoms with E-state index in [-0.39, 0.29) is 11.1 Å². The van der Waals surface area contributed by atoms with Gasteiger partial charge in [0.15, 0.2) is 0 Å². The van der Waals surface area contributed by atoms with E-state index in [1.165, 1.54) is 4.52 Å². The Morgan fingerprint density at radius 2 is 1.70 bits per heavy atom. The Bertz CT molecular complexity index is 1320. The van der Waals surface area contributed by atoms with E-state index in [9.17, 15) is 9.59 Å². The van der Waals surface area contributed by atoms with Crippen LogP contribution in [0.4, 0.5) is 5.69 Å². The van der Waals surface area contributed by atoms with Crippen molar-refractivity contribution in [2.24, 2.45) is 0 Å². The SMILES string of the molecule is Cc1c(C)n2c(/C=C/c3nc4ccc(N(C)C)cc4s3)c(C)c(=O)n2c1=O. The van der Waals surface area contributed by atoms with Crippen LogP contribution in [0.5, 0.6) is 0 Å². The molecule has 27 heavy (non-hydrogen) atoms. The molecule has 0 aliphatic carbocycles. The predicted molar refractivity (Wildman–Crippen MR) is 112 cm³/mol. The fourth-order valence-electron chi connectivity index (χ4n) is 3.24. The first-order valence-electron chi connectivity index (χ1n) is 8.62. The molecular formula is C20H20N4O2S. The molecule has 0 aliphatic heterocycles. The number of aryl methyl sites for hydroxylation is 1. The van der Waals surface area contributed by atoms with Crippen molar-refractivity contribution in [3.8, 4) is 0 Å². The van der Waals surface area contributed by atoms with Gasteiger partial charge in [-0.2, -0.15) is 4.52 Å². The van der Waals surface area contributed by atoms with E-state index < -0.39 is 0 Å². The highest BCUT2D eigenvalue weighted by Gasteiger charge is 2.18. The third-order valence-corrected chi connectivity index (χ3v) is 5.97. The van der Waals surface area contributed by atoms with Crippen molar-refractivity contribution in [2.45, 2.75) is 20.8 Å². The smallest absolute Gasteiger partial charge is 0.278 e. The summed E-state index contributed by atoms with van der Waals surface area (Å²) in [6, 6.07) is 6.17. The van der Waals surface area contributed by atoms with Crippen LogP contribution in [0.1, 0.15) is 27.5 Å². The molecule has 0 spiro atoms. The van der Waals surface area contributed by atoms with Gasteiger partial charge in [-0.1, -0.05) is 0 Å². The van der Waals surface area contributed by atoms with Crippen LogP contribution in [0.25, 0.3) is 22.4 Å². The third-order valence-electron chi connectivity index (χ3n) is 4.99. The Balaban J connectivity index is 1.83. The van der Waals surface area contributed by atoms with Crippen molar-refractivity contribution in [2.75, 3.05) is 19.0 Å². The van der Waals surface area contributed by atoms with Crippen LogP contribution < -0.4 is 16.0 Å². The molecule has 0 saturated heterocycles. The Morgan fingerprint density at radius 3 is 2.41 bits per heavy atom. The molecule has 0 fully saturated rings. The number of benzene rings is 1. The summed E-state index contributed by atoms with van der Waals surface area (Å²) in [7, 11) is 4.02. The van der Waals surface area contributed by atoms with E-state index in [2.05, 4.69) is 16.0 Å². The van der Waals surface area contributed by atoms with Crippen molar-refractivity contribution in [1.29, 1.82) is 0 Å². The zero-order valence-corrected chi connectivity index (χ0v) is 16.7. The number of hydrogen-bond acceptors (Lipinski definition) is 5. The second-order valence-corrected chi connectivity index (χ2v) is 7.95. The second-order valence-electron chi connectivity index (χ2n) is 6.89. The standard InChI is InChI=1S/C20H20N4O2S/c1-11-13(3)23-16(12(2)20(26)24(23)19(11)25)8-9-18-21-15-7-6-14(22(4)5)10-17(15)27-18/h6-10H,1-5H3/b9-8+. The van der Waals surface area contributed by atoms with E-state index in [0.29, 0.717) is 11.1 Å². The molecule has 0 N–H and O–H groups in total. The van der Waals surface area contributed by atoms with Gasteiger partial charge in [0, 0.05) is 36.6 Å². The molecule has 0 amide bonds. The van der Waals surface area contributed by atoms with Crippen molar-refractivity contribution in [1.82, 2.24) is 14.0 Å². The fraction of sp³-hybridized carbons (Fsp3) is 0.250. The second kappa shape index (κ2) is 6.06. The molecule has 0 saturated carbocycles. The summed E-state index contributed by atoms with van der Waals surface area (Å²) >= 11 is 1.60. The first kappa shape index (κ1) is 17.5. The molecular weight excluding hydrogens is 360 g/mol. The maximum Gasteiger partial charge on any atom is 0.278 e. The van der Waals surface area contributed by atoms with Crippen LogP contribution >= 0.6 is 11.3 Å². The Hall–Kier alpha value is -2.93. The van der Waals surface area contributed by atoms with Crippen LogP contribution in [0, 0.1) is 20.8 Å². The number of fused-ring (bicyclic) bond motifs is 2. The van der Waals surface area contributed by atoms with Gasteiger partial charge in [0.25, 0.3) is 11.1 Å². The lowest BCUT2D eigenvalue weighted by atomic mass is 10.2. The zero-order valence-electron chi connectivity index (χ0n) is 15.9. The number of hydrogen-bond donors (Lipinski definition) is 0. The molecule has 138 valence electrons. The molecule has 3 aromatic heterocycles. The van der Waals surface area contributed by atoms with Crippen LogP contribution in [0.3, 0.4) is 0 Å². The zero-order chi connectivity index (χ0) is 19.5. The summed E-state index contributed by atoms with van der Waals surface area (Å²) in [6.07, 6.45) is 3.77. The highest BCUT2D eigenvalue weighted by Crippen LogP contribution is 2.27. The first-order chi connectivity index (χ1) is 12.8. The summed E-state index contributed by atoms with van der Waals surface area (Å²) in [5.41, 5.74) is 4.21. The lowest BCUT2D eigenvalue weighted by Gasteiger charge is -2.11. The van der Waals surface area contributed by atoms with E-state index in [1.54, 1.807) is 29.7 Å². The van der Waals surface area contributed by atoms with Gasteiger partial charge in [-0.05, 0) is 51.1 Å². The molecule has 7 heteroatoms. The molecule has 1 aromatic carbocycles. The molecule has 4 aromatic rings. The normalized spacial score (nSPS) is 12.0. The summed E-state index contributed by atoms with van der Waals surface area (Å²) in [6.45, 7) is 5.35. The van der Waals surface area contributed by atoms with E-state index >= 15 is 0 Å². The van der Waals surface area contributed by atoms with Crippen LogP contribution in [-0.2, 0) is 0 Å². The summed E-state index contributed by atoms with van der Waals surface area (Å²) in [5, 5.41) is 0.857. The number of nitrogens with zero attached hydrogens (tertiary/aromatic N) is 4. The number of thiazole rings is 1. The number of anilines is 1. The van der Waals surface area contributed by atoms with Crippen molar-refractivity contribution in [3.05, 3.63) is 66.4 Å². The number of aromatic nitrogens is 3. The first-order valence-corrected chi connectivity index (χ1v) is 9.44. The summed E-state index contributed by atoms with van der Waals surface area (Å²) in [5.74, 6) is 0. The van der Waals surface area contributed by atoms with Crippen molar-refractivity contribution < 1.29 is 0 Å².